The van der Waals surface area contributed by atoms with Gasteiger partial charge in [0.05, 0.1) is 17.8 Å². The zero-order chi connectivity index (χ0) is 17.1. The first-order valence-electron chi connectivity index (χ1n) is 7.24. The number of thiazole rings is 1. The van der Waals surface area contributed by atoms with E-state index in [-0.39, 0.29) is 17.2 Å². The lowest BCUT2D eigenvalue weighted by Crippen LogP contribution is -2.12. The van der Waals surface area contributed by atoms with Gasteiger partial charge in [-0.2, -0.15) is 0 Å². The second kappa shape index (κ2) is 6.80. The predicted octanol–water partition coefficient (Wildman–Crippen LogP) is 4.52. The van der Waals surface area contributed by atoms with Crippen LogP contribution in [0.3, 0.4) is 0 Å². The van der Waals surface area contributed by atoms with Crippen LogP contribution in [-0.2, 0) is 0 Å². The summed E-state index contributed by atoms with van der Waals surface area (Å²) in [5.41, 5.74) is 2.63. The topological polar surface area (TPSA) is 51.2 Å². The fourth-order valence-corrected chi connectivity index (χ4v) is 2.89. The Morgan fingerprint density at radius 3 is 2.75 bits per heavy atom. The van der Waals surface area contributed by atoms with Crippen molar-refractivity contribution in [2.24, 2.45) is 0 Å². The van der Waals surface area contributed by atoms with Crippen molar-refractivity contribution in [3.05, 3.63) is 64.2 Å². The second-order valence-corrected chi connectivity index (χ2v) is 6.20. The Kier molecular flexibility index (Phi) is 4.57. The zero-order valence-corrected chi connectivity index (χ0v) is 14.0. The predicted molar refractivity (Wildman–Crippen MR) is 93.2 cm³/mol. The van der Waals surface area contributed by atoms with Crippen LogP contribution in [0.5, 0.6) is 5.75 Å². The van der Waals surface area contributed by atoms with Crippen molar-refractivity contribution in [1.82, 2.24) is 4.98 Å². The van der Waals surface area contributed by atoms with E-state index in [1.54, 1.807) is 17.4 Å². The molecule has 24 heavy (non-hydrogen) atoms. The van der Waals surface area contributed by atoms with Crippen LogP contribution in [0.25, 0.3) is 11.3 Å². The van der Waals surface area contributed by atoms with Crippen LogP contribution in [-0.4, -0.2) is 18.0 Å². The molecular formula is C18H15FN2O2S. The van der Waals surface area contributed by atoms with Gasteiger partial charge in [-0.15, -0.1) is 11.3 Å². The number of nitrogens with zero attached hydrogens (tertiary/aromatic N) is 1. The number of aromatic nitrogens is 1. The summed E-state index contributed by atoms with van der Waals surface area (Å²) >= 11 is 1.57. The molecule has 4 nitrogen and oxygen atoms in total. The molecular weight excluding hydrogens is 327 g/mol. The van der Waals surface area contributed by atoms with Gasteiger partial charge in [0.2, 0.25) is 0 Å². The van der Waals surface area contributed by atoms with Crippen LogP contribution in [0.4, 0.5) is 10.1 Å². The molecule has 0 fully saturated rings. The molecule has 1 amide bonds. The van der Waals surface area contributed by atoms with Crippen LogP contribution in [0.2, 0.25) is 0 Å². The van der Waals surface area contributed by atoms with E-state index in [4.69, 9.17) is 4.74 Å². The monoisotopic (exact) mass is 342 g/mol. The Labute approximate surface area is 142 Å². The summed E-state index contributed by atoms with van der Waals surface area (Å²) in [5.74, 6) is -0.854. The first kappa shape index (κ1) is 16.1. The van der Waals surface area contributed by atoms with E-state index in [0.29, 0.717) is 5.69 Å². The molecule has 1 heterocycles. The van der Waals surface area contributed by atoms with Gasteiger partial charge in [0.15, 0.2) is 11.6 Å². The molecule has 0 aliphatic rings. The maximum atomic E-state index is 13.7. The molecule has 0 spiro atoms. The number of hydrogen-bond acceptors (Lipinski definition) is 4. The third kappa shape index (κ3) is 3.44. The van der Waals surface area contributed by atoms with E-state index in [1.807, 2.05) is 30.5 Å². The van der Waals surface area contributed by atoms with Crippen LogP contribution >= 0.6 is 11.3 Å². The van der Waals surface area contributed by atoms with Crippen molar-refractivity contribution < 1.29 is 13.9 Å². The Bertz CT molecular complexity index is 892. The number of aryl methyl sites for hydroxylation is 1. The standard InChI is InChI=1S/C18H15FN2O2S/c1-11-20-16(10-24-11)12-4-3-5-14(8-12)21-18(22)13-6-7-17(23-2)15(19)9-13/h3-10H,1-2H3,(H,21,22). The van der Waals surface area contributed by atoms with Crippen molar-refractivity contribution in [2.45, 2.75) is 6.92 Å². The minimum Gasteiger partial charge on any atom is -0.494 e. The van der Waals surface area contributed by atoms with Gasteiger partial charge in [-0.1, -0.05) is 12.1 Å². The Balaban J connectivity index is 1.81. The first-order chi connectivity index (χ1) is 11.6. The second-order valence-electron chi connectivity index (χ2n) is 5.14. The van der Waals surface area contributed by atoms with Gasteiger partial charge in [-0.25, -0.2) is 9.37 Å². The number of hydrogen-bond donors (Lipinski definition) is 1. The lowest BCUT2D eigenvalue weighted by Gasteiger charge is -2.08. The molecule has 0 saturated carbocycles. The molecule has 3 rings (SSSR count). The summed E-state index contributed by atoms with van der Waals surface area (Å²) in [4.78, 5) is 16.7. The minimum absolute atomic E-state index is 0.104. The highest BCUT2D eigenvalue weighted by Crippen LogP contribution is 2.25. The summed E-state index contributed by atoms with van der Waals surface area (Å²) in [6, 6.07) is 11.5. The van der Waals surface area contributed by atoms with Gasteiger partial charge in [0, 0.05) is 22.2 Å². The van der Waals surface area contributed by atoms with Gasteiger partial charge >= 0.3 is 0 Å². The van der Waals surface area contributed by atoms with Crippen LogP contribution < -0.4 is 10.1 Å². The molecule has 6 heteroatoms. The Morgan fingerprint density at radius 1 is 1.25 bits per heavy atom. The van der Waals surface area contributed by atoms with Crippen molar-refractivity contribution in [1.29, 1.82) is 0 Å². The highest BCUT2D eigenvalue weighted by Gasteiger charge is 2.11. The number of amides is 1. The smallest absolute Gasteiger partial charge is 0.255 e. The number of rotatable bonds is 4. The highest BCUT2D eigenvalue weighted by molar-refractivity contribution is 7.09. The summed E-state index contributed by atoms with van der Waals surface area (Å²) in [6.07, 6.45) is 0. The van der Waals surface area contributed by atoms with Crippen molar-refractivity contribution in [2.75, 3.05) is 12.4 Å². The normalized spacial score (nSPS) is 10.5. The van der Waals surface area contributed by atoms with E-state index in [0.717, 1.165) is 22.3 Å². The molecule has 2 aromatic carbocycles. The average Bonchev–Trinajstić information content (AvgIpc) is 3.01. The number of nitrogens with one attached hydrogen (secondary N) is 1. The van der Waals surface area contributed by atoms with Crippen molar-refractivity contribution >= 4 is 22.9 Å². The highest BCUT2D eigenvalue weighted by atomic mass is 32.1. The molecule has 122 valence electrons. The van der Waals surface area contributed by atoms with E-state index >= 15 is 0 Å². The molecule has 3 aromatic rings. The number of ether oxygens (including phenoxy) is 1. The number of carbonyl (C=O) groups excluding carboxylic acids is 1. The number of methoxy groups -OCH3 is 1. The van der Waals surface area contributed by atoms with Gasteiger partial charge in [-0.3, -0.25) is 4.79 Å². The number of anilines is 1. The quantitative estimate of drug-likeness (QED) is 0.758. The molecule has 0 saturated heterocycles. The molecule has 0 atom stereocenters. The largest absolute Gasteiger partial charge is 0.494 e. The molecule has 1 N–H and O–H groups in total. The summed E-state index contributed by atoms with van der Waals surface area (Å²) < 4.78 is 18.6. The van der Waals surface area contributed by atoms with Gasteiger partial charge in [0.25, 0.3) is 5.91 Å². The van der Waals surface area contributed by atoms with Crippen LogP contribution in [0, 0.1) is 12.7 Å². The molecule has 0 unspecified atom stereocenters. The molecule has 0 radical (unpaired) electrons. The molecule has 0 aliphatic carbocycles. The number of benzene rings is 2. The minimum atomic E-state index is -0.572. The maximum absolute atomic E-state index is 13.7. The van der Waals surface area contributed by atoms with Crippen molar-refractivity contribution in [3.63, 3.8) is 0 Å². The van der Waals surface area contributed by atoms with Gasteiger partial charge < -0.3 is 10.1 Å². The summed E-state index contributed by atoms with van der Waals surface area (Å²) in [7, 11) is 1.38. The van der Waals surface area contributed by atoms with Gasteiger partial charge in [0.1, 0.15) is 0 Å². The Hall–Kier alpha value is -2.73. The fraction of sp³-hybridized carbons (Fsp3) is 0.111. The fourth-order valence-electron chi connectivity index (χ4n) is 2.26. The first-order valence-corrected chi connectivity index (χ1v) is 8.12. The lowest BCUT2D eigenvalue weighted by atomic mass is 10.1. The van der Waals surface area contributed by atoms with Crippen LogP contribution in [0.1, 0.15) is 15.4 Å². The van der Waals surface area contributed by atoms with E-state index in [2.05, 4.69) is 10.3 Å². The zero-order valence-electron chi connectivity index (χ0n) is 13.2. The molecule has 0 bridgehead atoms. The van der Waals surface area contributed by atoms with Crippen LogP contribution in [0.15, 0.2) is 47.8 Å². The third-order valence-corrected chi connectivity index (χ3v) is 4.22. The van der Waals surface area contributed by atoms with E-state index in [9.17, 15) is 9.18 Å². The van der Waals surface area contributed by atoms with Crippen molar-refractivity contribution in [3.8, 4) is 17.0 Å². The SMILES string of the molecule is COc1ccc(C(=O)Nc2cccc(-c3csc(C)n3)c2)cc1F. The number of carbonyl (C=O) groups is 1. The summed E-state index contributed by atoms with van der Waals surface area (Å²) in [5, 5.41) is 5.72. The summed E-state index contributed by atoms with van der Waals surface area (Å²) in [6.45, 7) is 1.94. The van der Waals surface area contributed by atoms with E-state index in [1.165, 1.54) is 19.2 Å². The molecule has 1 aromatic heterocycles. The average molecular weight is 342 g/mol. The Morgan fingerprint density at radius 2 is 2.08 bits per heavy atom. The number of halogens is 1. The van der Waals surface area contributed by atoms with Gasteiger partial charge in [-0.05, 0) is 37.3 Å². The van der Waals surface area contributed by atoms with E-state index < -0.39 is 5.82 Å². The third-order valence-electron chi connectivity index (χ3n) is 3.45. The lowest BCUT2D eigenvalue weighted by molar-refractivity contribution is 0.102. The molecule has 0 aliphatic heterocycles. The maximum Gasteiger partial charge on any atom is 0.255 e.